The van der Waals surface area contributed by atoms with Crippen LogP contribution in [0.5, 0.6) is 0 Å². The van der Waals surface area contributed by atoms with Gasteiger partial charge in [0.05, 0.1) is 12.2 Å². The van der Waals surface area contributed by atoms with Gasteiger partial charge in [0.1, 0.15) is 11.4 Å². The number of fused-ring (bicyclic) bond motifs is 7. The van der Waals surface area contributed by atoms with Crippen LogP contribution in [0.1, 0.15) is 92.9 Å². The van der Waals surface area contributed by atoms with Gasteiger partial charge in [-0.1, -0.05) is 68.8 Å². The topological polar surface area (TPSA) is 67.2 Å². The molecule has 0 radical (unpaired) electrons. The summed E-state index contributed by atoms with van der Waals surface area (Å²) >= 11 is 3.27. The third-order valence-corrected chi connectivity index (χ3v) is 13.8. The molecule has 0 bridgehead atoms. The van der Waals surface area contributed by atoms with Crippen molar-refractivity contribution in [2.75, 3.05) is 11.9 Å². The maximum absolute atomic E-state index is 13.3. The number of rotatable bonds is 4. The highest BCUT2D eigenvalue weighted by Gasteiger charge is 2.71. The van der Waals surface area contributed by atoms with Crippen molar-refractivity contribution >= 4 is 27.7 Å². The largest absolute Gasteiger partial charge is 0.464 e. The van der Waals surface area contributed by atoms with Crippen LogP contribution in [0, 0.1) is 68.0 Å². The third kappa shape index (κ3) is 3.57. The van der Waals surface area contributed by atoms with Crippen LogP contribution in [0.3, 0.4) is 0 Å². The molecule has 0 amide bonds. The Balaban J connectivity index is 1.56. The molecule has 0 spiro atoms. The van der Waals surface area contributed by atoms with E-state index >= 15 is 0 Å². The van der Waals surface area contributed by atoms with Crippen LogP contribution in [-0.4, -0.2) is 23.7 Å². The van der Waals surface area contributed by atoms with E-state index in [1.54, 1.807) is 0 Å². The van der Waals surface area contributed by atoms with Crippen molar-refractivity contribution in [2.24, 2.45) is 56.7 Å². The van der Waals surface area contributed by atoms with Crippen LogP contribution in [0.25, 0.3) is 0 Å². The summed E-state index contributed by atoms with van der Waals surface area (Å²) in [5.74, 6) is 2.09. The van der Waals surface area contributed by atoms with Crippen molar-refractivity contribution in [1.29, 1.82) is 5.26 Å². The summed E-state index contributed by atoms with van der Waals surface area (Å²) in [7, 11) is 0. The van der Waals surface area contributed by atoms with Gasteiger partial charge in [0, 0.05) is 10.8 Å². The van der Waals surface area contributed by atoms with E-state index in [4.69, 9.17) is 4.74 Å². The van der Waals surface area contributed by atoms with Crippen LogP contribution in [-0.2, 0) is 14.3 Å². The van der Waals surface area contributed by atoms with E-state index in [0.29, 0.717) is 35.9 Å². The van der Waals surface area contributed by atoms with E-state index in [1.165, 1.54) is 5.57 Å². The molecule has 0 N–H and O–H groups in total. The maximum Gasteiger partial charge on any atom is 0.316 e. The van der Waals surface area contributed by atoms with Gasteiger partial charge in [0.2, 0.25) is 0 Å². The Bertz CT molecular complexity index is 1130. The number of Topliss-reactive ketones (excluding diaryl/α,β-unsaturated/α-hetero) is 1. The Morgan fingerprint density at radius 2 is 1.76 bits per heavy atom. The van der Waals surface area contributed by atoms with E-state index in [0.717, 1.165) is 51.4 Å². The zero-order valence-electron chi connectivity index (χ0n) is 24.3. The molecular weight excluding hydrogens is 538 g/mol. The fourth-order valence-corrected chi connectivity index (χ4v) is 11.6. The van der Waals surface area contributed by atoms with Gasteiger partial charge in [-0.15, -0.1) is 0 Å². The number of ketones is 1. The summed E-state index contributed by atoms with van der Waals surface area (Å²) in [6.45, 7) is 18.8. The molecule has 0 saturated heterocycles. The predicted octanol–water partition coefficient (Wildman–Crippen LogP) is 7.82. The zero-order chi connectivity index (χ0) is 27.9. The maximum atomic E-state index is 13.3. The van der Waals surface area contributed by atoms with Gasteiger partial charge in [-0.05, 0) is 104 Å². The summed E-state index contributed by atoms with van der Waals surface area (Å²) in [6.07, 6.45) is 11.0. The summed E-state index contributed by atoms with van der Waals surface area (Å²) < 4.78 is 5.87. The van der Waals surface area contributed by atoms with E-state index in [1.807, 2.05) is 0 Å². The molecule has 5 heteroatoms. The lowest BCUT2D eigenvalue weighted by molar-refractivity contribution is -0.222. The fourth-order valence-electron chi connectivity index (χ4n) is 11.4. The van der Waals surface area contributed by atoms with Crippen LogP contribution in [0.4, 0.5) is 0 Å². The van der Waals surface area contributed by atoms with E-state index in [-0.39, 0.29) is 44.7 Å². The average molecular weight is 585 g/mol. The van der Waals surface area contributed by atoms with Crippen molar-refractivity contribution in [3.8, 4) is 6.07 Å². The molecule has 38 heavy (non-hydrogen) atoms. The number of carbonyl (C=O) groups is 2. The lowest BCUT2D eigenvalue weighted by Gasteiger charge is -2.71. The Morgan fingerprint density at radius 3 is 2.39 bits per heavy atom. The normalized spacial score (nSPS) is 46.9. The van der Waals surface area contributed by atoms with Gasteiger partial charge in [-0.2, -0.15) is 5.26 Å². The van der Waals surface area contributed by atoms with Crippen LogP contribution in [0.15, 0.2) is 23.8 Å². The van der Waals surface area contributed by atoms with Gasteiger partial charge >= 0.3 is 5.97 Å². The lowest BCUT2D eigenvalue weighted by atomic mass is 9.33. The van der Waals surface area contributed by atoms with Crippen molar-refractivity contribution in [3.05, 3.63) is 23.8 Å². The quantitative estimate of drug-likeness (QED) is 0.192. The first kappa shape index (κ1) is 28.1. The molecule has 4 nitrogen and oxygen atoms in total. The number of alkyl halides is 1. The Kier molecular flexibility index (Phi) is 6.70. The van der Waals surface area contributed by atoms with Crippen LogP contribution >= 0.6 is 15.9 Å². The Morgan fingerprint density at radius 1 is 1.05 bits per heavy atom. The summed E-state index contributed by atoms with van der Waals surface area (Å²) in [4.78, 5) is 25.5. The van der Waals surface area contributed by atoms with Gasteiger partial charge in [0.15, 0.2) is 5.78 Å². The second kappa shape index (κ2) is 9.05. The highest BCUT2D eigenvalue weighted by atomic mass is 79.9. The van der Waals surface area contributed by atoms with Crippen molar-refractivity contribution in [2.45, 2.75) is 92.9 Å². The number of hydrogen-bond donors (Lipinski definition) is 0. The molecule has 0 aromatic heterocycles. The van der Waals surface area contributed by atoms with Crippen molar-refractivity contribution < 1.29 is 14.3 Å². The van der Waals surface area contributed by atoms with Gasteiger partial charge in [-0.25, -0.2) is 0 Å². The number of halogens is 1. The van der Waals surface area contributed by atoms with Crippen LogP contribution < -0.4 is 0 Å². The van der Waals surface area contributed by atoms with Crippen molar-refractivity contribution in [3.63, 3.8) is 0 Å². The first-order valence-corrected chi connectivity index (χ1v) is 15.9. The molecular formula is C33H46BrNO3. The Hall–Kier alpha value is -1.41. The minimum Gasteiger partial charge on any atom is -0.464 e. The first-order valence-electron chi connectivity index (χ1n) is 14.8. The van der Waals surface area contributed by atoms with Crippen LogP contribution in [0.2, 0.25) is 0 Å². The second-order valence-corrected chi connectivity index (χ2v) is 15.5. The molecule has 0 aromatic rings. The molecule has 0 heterocycles. The van der Waals surface area contributed by atoms with Gasteiger partial charge < -0.3 is 4.74 Å². The molecule has 5 aliphatic rings. The second-order valence-electron chi connectivity index (χ2n) is 14.9. The minimum atomic E-state index is -0.509. The minimum absolute atomic E-state index is 0.0294. The molecule has 0 unspecified atom stereocenters. The molecule has 0 aliphatic heterocycles. The van der Waals surface area contributed by atoms with E-state index in [2.05, 4.69) is 76.2 Å². The number of carbonyl (C=O) groups excluding carboxylic acids is 2. The number of nitriles is 1. The number of esters is 1. The highest BCUT2D eigenvalue weighted by Crippen LogP contribution is 2.77. The first-order chi connectivity index (χ1) is 17.7. The van der Waals surface area contributed by atoms with E-state index < -0.39 is 5.41 Å². The van der Waals surface area contributed by atoms with E-state index in [9.17, 15) is 14.9 Å². The number of allylic oxidation sites excluding steroid dienone is 3. The number of nitrogens with zero attached hydrogens (tertiary/aromatic N) is 1. The average Bonchev–Trinajstić information content (AvgIpc) is 3.25. The summed E-state index contributed by atoms with van der Waals surface area (Å²) in [6, 6.07) is 2.28. The molecule has 9 atom stereocenters. The molecule has 5 aliphatic carbocycles. The van der Waals surface area contributed by atoms with Gasteiger partial charge in [-0.3, -0.25) is 9.59 Å². The predicted molar refractivity (Wildman–Crippen MR) is 153 cm³/mol. The molecule has 5 rings (SSSR count). The zero-order valence-corrected chi connectivity index (χ0v) is 25.9. The molecule has 208 valence electrons. The summed E-state index contributed by atoms with van der Waals surface area (Å²) in [5.41, 5.74) is 1.31. The standard InChI is InChI=1S/C33H46BrNO3/c1-20(2)22-10-13-33(19-38-26(36)17-34)15-14-31(6)23(27(22)33)8-9-25-30(5)16-21(18-35)28(37)29(3,4)24(30)11-12-32(25,31)7/h16,22-25,27H,1,8-15,17,19H2,2-7H3/t22-,23+,24-,25+,27+,30-,31+,32+,33+/m0/s1. The smallest absolute Gasteiger partial charge is 0.316 e. The van der Waals surface area contributed by atoms with Crippen molar-refractivity contribution in [1.82, 2.24) is 0 Å². The SMILES string of the molecule is C=C(C)[C@@H]1CC[C@]2(COC(=O)CBr)CC[C@]3(C)[C@H](CC[C@@H]4[C@@]5(C)C=C(C#N)C(=O)C(C)(C)[C@@H]5CC[C@]43C)[C@@H]12. The monoisotopic (exact) mass is 583 g/mol. The summed E-state index contributed by atoms with van der Waals surface area (Å²) in [5, 5.41) is 10.2. The third-order valence-electron chi connectivity index (χ3n) is 13.3. The highest BCUT2D eigenvalue weighted by molar-refractivity contribution is 9.09. The molecule has 4 saturated carbocycles. The van der Waals surface area contributed by atoms with Gasteiger partial charge in [0.25, 0.3) is 0 Å². The fraction of sp³-hybridized carbons (Fsp3) is 0.788. The molecule has 4 fully saturated rings. The molecule has 0 aromatic carbocycles. The Labute approximate surface area is 238 Å². The lowest BCUT2D eigenvalue weighted by Crippen LogP contribution is -2.66. The number of ether oxygens (including phenoxy) is 1. The number of hydrogen-bond acceptors (Lipinski definition) is 4.